The predicted molar refractivity (Wildman–Crippen MR) is 298 cm³/mol. The number of hydrogen-bond donors (Lipinski definition) is 4. The number of anilines is 4. The summed E-state index contributed by atoms with van der Waals surface area (Å²) in [6.07, 6.45) is 4.97. The highest BCUT2D eigenvalue weighted by Crippen LogP contribution is 2.41. The molecule has 2 aliphatic rings. The van der Waals surface area contributed by atoms with Crippen molar-refractivity contribution in [2.75, 3.05) is 68.6 Å². The molecule has 68 heavy (non-hydrogen) atoms. The summed E-state index contributed by atoms with van der Waals surface area (Å²) >= 11 is 11.0. The number of rotatable bonds is 18. The third kappa shape index (κ3) is 17.2. The predicted octanol–water partition coefficient (Wildman–Crippen LogP) is 11.4. The molecular weight excluding hydrogens is 996 g/mol. The first-order valence-electron chi connectivity index (χ1n) is 22.4. The van der Waals surface area contributed by atoms with Crippen molar-refractivity contribution < 1.29 is 19.1 Å². The van der Waals surface area contributed by atoms with Gasteiger partial charge in [0.2, 0.25) is 5.78 Å². The van der Waals surface area contributed by atoms with Crippen LogP contribution in [0.2, 0.25) is 0 Å². The number of hydrogen-bond acceptors (Lipinski definition) is 12. The number of benzene rings is 4. The number of aliphatic imine (C=N–C) groups is 1. The molecule has 12 nitrogen and oxygen atoms in total. The fourth-order valence-corrected chi connectivity index (χ4v) is 8.33. The molecule has 1 unspecified atom stereocenters. The zero-order valence-corrected chi connectivity index (χ0v) is 45.5. The molecule has 364 valence electrons. The monoisotopic (exact) mass is 1060 g/mol. The van der Waals surface area contributed by atoms with Gasteiger partial charge in [0.25, 0.3) is 0 Å². The smallest absolute Gasteiger partial charge is 0.206 e. The summed E-state index contributed by atoms with van der Waals surface area (Å²) in [7, 11) is 10.7. The number of thiazole rings is 1. The summed E-state index contributed by atoms with van der Waals surface area (Å²) in [5, 5.41) is 8.07. The molecule has 0 spiro atoms. The first-order chi connectivity index (χ1) is 32.3. The van der Waals surface area contributed by atoms with E-state index >= 15 is 0 Å². The number of alkyl halides is 1. The number of thioether (sulfide) groups is 1. The van der Waals surface area contributed by atoms with Crippen molar-refractivity contribution in [1.29, 1.82) is 0 Å². The Bertz CT molecular complexity index is 2490. The summed E-state index contributed by atoms with van der Waals surface area (Å²) < 4.78 is 11.8. The zero-order chi connectivity index (χ0) is 49.6. The Morgan fingerprint density at radius 3 is 1.78 bits per heavy atom. The quantitative estimate of drug-likeness (QED) is 0.0164. The Morgan fingerprint density at radius 2 is 1.31 bits per heavy atom. The molecule has 7 rings (SSSR count). The molecule has 0 saturated heterocycles. The molecule has 0 bridgehead atoms. The molecule has 2 fully saturated rings. The molecular formula is C51H66BrN8O4PS3. The van der Waals surface area contributed by atoms with E-state index in [1.807, 2.05) is 113 Å². The van der Waals surface area contributed by atoms with Gasteiger partial charge in [0, 0.05) is 39.1 Å². The second-order valence-corrected chi connectivity index (χ2v) is 22.3. The number of thiocarbonyl (C=S) groups is 1. The van der Waals surface area contributed by atoms with E-state index in [-0.39, 0.29) is 28.5 Å². The van der Waals surface area contributed by atoms with Gasteiger partial charge in [-0.05, 0) is 177 Å². The van der Waals surface area contributed by atoms with Crippen molar-refractivity contribution in [3.05, 3.63) is 124 Å². The first-order valence-corrected chi connectivity index (χ1v) is 26.6. The van der Waals surface area contributed by atoms with Crippen LogP contribution in [0.25, 0.3) is 0 Å². The van der Waals surface area contributed by atoms with Gasteiger partial charge in [-0.3, -0.25) is 9.59 Å². The van der Waals surface area contributed by atoms with Crippen molar-refractivity contribution in [2.45, 2.75) is 76.3 Å². The van der Waals surface area contributed by atoms with Gasteiger partial charge in [-0.1, -0.05) is 75.4 Å². The maximum atomic E-state index is 13.0. The van der Waals surface area contributed by atoms with Crippen LogP contribution in [0.5, 0.6) is 11.5 Å². The van der Waals surface area contributed by atoms with Gasteiger partial charge in [-0.2, -0.15) is 4.99 Å². The van der Waals surface area contributed by atoms with Crippen LogP contribution in [0.4, 0.5) is 22.3 Å². The number of Topliss-reactive ketones (excluding diaryl/α,β-unsaturated/α-hetero) is 1. The Morgan fingerprint density at radius 1 is 0.824 bits per heavy atom. The number of carbonyl (C=O) groups is 2. The first kappa shape index (κ1) is 54.5. The summed E-state index contributed by atoms with van der Waals surface area (Å²) in [4.78, 5) is 37.6. The van der Waals surface area contributed by atoms with Gasteiger partial charge >= 0.3 is 0 Å². The second-order valence-electron chi connectivity index (χ2n) is 18.3. The molecule has 4 aromatic carbocycles. The van der Waals surface area contributed by atoms with Crippen LogP contribution in [0, 0.1) is 0 Å². The van der Waals surface area contributed by atoms with Crippen LogP contribution in [0.15, 0.2) is 102 Å². The lowest BCUT2D eigenvalue weighted by molar-refractivity contribution is 0.102. The van der Waals surface area contributed by atoms with Crippen LogP contribution in [-0.2, 0) is 0 Å². The molecule has 1 aromatic heterocycles. The minimum absolute atomic E-state index is 0.0278. The molecule has 1 heterocycles. The van der Waals surface area contributed by atoms with E-state index in [1.54, 1.807) is 0 Å². The van der Waals surface area contributed by atoms with Crippen molar-refractivity contribution in [2.24, 2.45) is 10.7 Å². The van der Waals surface area contributed by atoms with Crippen LogP contribution in [-0.4, -0.2) is 99.9 Å². The molecule has 2 aliphatic carbocycles. The maximum Gasteiger partial charge on any atom is 0.206 e. The number of nitrogen functional groups attached to an aromatic ring is 1. The summed E-state index contributed by atoms with van der Waals surface area (Å²) in [5.41, 5.74) is 18.3. The number of halogens is 1. The Hall–Kier alpha value is -4.41. The number of nitrogens with zero attached hydrogens (tertiary/aromatic N) is 4. The number of carbonyl (C=O) groups excluding carboxylic acids is 2. The van der Waals surface area contributed by atoms with Crippen LogP contribution in [0.3, 0.4) is 0 Å². The minimum Gasteiger partial charge on any atom is -0.492 e. The standard InChI is InChI=1S/C25H30N4O2S.C15H25N4OPS2.C11H11BrO/c1-25(2,29(3)4)15-31-20-12-10-19(11-13-20)27-24-28-23(26)22(32-24)21(30)18-7-5-6-17(14-18)16-8-9-16;1-15(2,19(3)4)9-20-12-7-5-11(6-8-12)17-14(22)18-13(16)23-10-21;12-7-11(13)10-3-1-2-9(6-10)8-4-5-8/h5-7,10-14,16H,8-9,15,26H2,1-4H3,(H,27,28);5-8H,9-10,21H2,1-4H3,(H3,16,17,18,22);1-3,6,8H,4-5,7H2. The third-order valence-corrected chi connectivity index (χ3v) is 14.4. The average Bonchev–Trinajstić information content (AvgIpc) is 4.26. The Labute approximate surface area is 427 Å². The summed E-state index contributed by atoms with van der Waals surface area (Å²) in [6, 6.07) is 31.2. The lowest BCUT2D eigenvalue weighted by Crippen LogP contribution is -2.43. The van der Waals surface area contributed by atoms with Crippen LogP contribution in [0.1, 0.15) is 102 Å². The molecule has 17 heteroatoms. The zero-order valence-electron chi connectivity index (χ0n) is 40.3. The number of likely N-dealkylation sites (N-methyl/N-ethyl adjacent to an activating group) is 2. The molecule has 6 N–H and O–H groups in total. The highest BCUT2D eigenvalue weighted by molar-refractivity contribution is 9.09. The van der Waals surface area contributed by atoms with Crippen molar-refractivity contribution >= 4 is 105 Å². The maximum absolute atomic E-state index is 13.0. The molecule has 0 aliphatic heterocycles. The Balaban J connectivity index is 0.000000209. The average molecular weight is 1060 g/mol. The van der Waals surface area contributed by atoms with Gasteiger partial charge in [-0.15, -0.1) is 9.24 Å². The fourth-order valence-electron chi connectivity index (χ4n) is 6.03. The molecule has 0 radical (unpaired) electrons. The van der Waals surface area contributed by atoms with E-state index in [1.165, 1.54) is 59.9 Å². The van der Waals surface area contributed by atoms with Crippen LogP contribution < -0.4 is 31.6 Å². The normalized spacial score (nSPS) is 13.7. The number of amidine groups is 1. The van der Waals surface area contributed by atoms with Gasteiger partial charge in [0.1, 0.15) is 35.4 Å². The summed E-state index contributed by atoms with van der Waals surface area (Å²) in [5.74, 6) is 3.28. The summed E-state index contributed by atoms with van der Waals surface area (Å²) in [6.45, 7) is 9.74. The van der Waals surface area contributed by atoms with Crippen LogP contribution >= 0.6 is 60.5 Å². The molecule has 2 saturated carbocycles. The molecule has 1 atom stereocenters. The van der Waals surface area contributed by atoms with E-state index in [0.29, 0.717) is 50.3 Å². The highest BCUT2D eigenvalue weighted by atomic mass is 79.9. The van der Waals surface area contributed by atoms with Crippen molar-refractivity contribution in [1.82, 2.24) is 14.8 Å². The van der Waals surface area contributed by atoms with E-state index in [2.05, 4.69) is 95.4 Å². The van der Waals surface area contributed by atoms with Gasteiger partial charge < -0.3 is 41.4 Å². The number of ketones is 2. The molecule has 0 amide bonds. The number of nitrogens with two attached hydrogens (primary N) is 2. The van der Waals surface area contributed by atoms with Gasteiger partial charge in [0.05, 0.1) is 5.33 Å². The number of nitrogens with one attached hydrogen (secondary N) is 2. The van der Waals surface area contributed by atoms with Gasteiger partial charge in [0.15, 0.2) is 21.2 Å². The Kier molecular flexibility index (Phi) is 20.4. The van der Waals surface area contributed by atoms with Gasteiger partial charge in [-0.25, -0.2) is 4.98 Å². The lowest BCUT2D eigenvalue weighted by Gasteiger charge is -2.32. The number of aromatic nitrogens is 1. The second kappa shape index (κ2) is 25.4. The SMILES string of the molecule is CN(C)C(C)(C)COc1ccc(NC(=S)N=C(N)SCP)cc1.CN(C)C(C)(C)COc1ccc(Nc2nc(N)c(C(=O)c3cccc(C4CC4)c3)s2)cc1.O=C(CBr)c1cccc(C2CC2)c1. The lowest BCUT2D eigenvalue weighted by atomic mass is 10.0. The fraction of sp³-hybridized carbons (Fsp3) is 0.392. The molecule has 5 aromatic rings. The minimum atomic E-state index is -0.0807. The van der Waals surface area contributed by atoms with Crippen molar-refractivity contribution in [3.63, 3.8) is 0 Å². The van der Waals surface area contributed by atoms with E-state index < -0.39 is 0 Å². The number of ether oxygens (including phenoxy) is 2. The van der Waals surface area contributed by atoms with E-state index in [0.717, 1.165) is 39.8 Å². The topological polar surface area (TPSA) is 160 Å². The third-order valence-electron chi connectivity index (χ3n) is 11.7. The van der Waals surface area contributed by atoms with Crippen molar-refractivity contribution in [3.8, 4) is 11.5 Å². The highest BCUT2D eigenvalue weighted by Gasteiger charge is 2.26. The van der Waals surface area contributed by atoms with E-state index in [9.17, 15) is 9.59 Å². The van der Waals surface area contributed by atoms with E-state index in [4.69, 9.17) is 33.2 Å². The largest absolute Gasteiger partial charge is 0.492 e.